The minimum atomic E-state index is -0.726. The molecule has 1 aliphatic carbocycles. The van der Waals surface area contributed by atoms with Crippen LogP contribution in [0.4, 0.5) is 0 Å². The fourth-order valence-electron chi connectivity index (χ4n) is 3.13. The number of carbonyl (C=O) groups is 2. The topological polar surface area (TPSA) is 66.4 Å². The van der Waals surface area contributed by atoms with Gasteiger partial charge in [-0.1, -0.05) is 32.6 Å². The molecule has 0 heterocycles. The van der Waals surface area contributed by atoms with Crippen molar-refractivity contribution in [1.29, 1.82) is 0 Å². The lowest BCUT2D eigenvalue weighted by Crippen LogP contribution is -2.27. The van der Waals surface area contributed by atoms with Crippen molar-refractivity contribution in [2.45, 2.75) is 71.1 Å². The molecule has 0 bridgehead atoms. The number of aliphatic carboxylic acids is 1. The van der Waals surface area contributed by atoms with Crippen LogP contribution < -0.4 is 5.32 Å². The smallest absolute Gasteiger partial charge is 0.303 e. The Kier molecular flexibility index (Phi) is 8.31. The molecule has 2 N–H and O–H groups in total. The molecule has 4 nitrogen and oxygen atoms in total. The average molecular weight is 283 g/mol. The van der Waals surface area contributed by atoms with Crippen molar-refractivity contribution in [3.05, 3.63) is 0 Å². The molecule has 1 unspecified atom stereocenters. The molecule has 1 aliphatic rings. The first-order valence-electron chi connectivity index (χ1n) is 8.10. The van der Waals surface area contributed by atoms with Crippen molar-refractivity contribution in [1.82, 2.24) is 5.32 Å². The summed E-state index contributed by atoms with van der Waals surface area (Å²) in [5.74, 6) is 0.457. The maximum Gasteiger partial charge on any atom is 0.303 e. The molecule has 1 saturated carbocycles. The van der Waals surface area contributed by atoms with Crippen LogP contribution in [0.1, 0.15) is 71.1 Å². The zero-order valence-corrected chi connectivity index (χ0v) is 12.7. The molecule has 0 radical (unpaired) electrons. The average Bonchev–Trinajstić information content (AvgIpc) is 2.88. The van der Waals surface area contributed by atoms with Crippen molar-refractivity contribution in [2.75, 3.05) is 6.54 Å². The standard InChI is InChI=1S/C16H29NO3/c1-2-5-13(8-9-16(19)20)10-11-17-15(18)12-14-6-3-4-7-14/h13-14H,2-12H2,1H3,(H,17,18)(H,19,20). The molecule has 1 amide bonds. The van der Waals surface area contributed by atoms with E-state index in [1.807, 2.05) is 0 Å². The maximum atomic E-state index is 11.8. The van der Waals surface area contributed by atoms with Gasteiger partial charge in [-0.3, -0.25) is 9.59 Å². The van der Waals surface area contributed by atoms with Gasteiger partial charge in [-0.15, -0.1) is 0 Å². The molecule has 0 aromatic carbocycles. The Bertz CT molecular complexity index is 298. The summed E-state index contributed by atoms with van der Waals surface area (Å²) in [5, 5.41) is 11.7. The first-order chi connectivity index (χ1) is 9.61. The van der Waals surface area contributed by atoms with Gasteiger partial charge < -0.3 is 10.4 Å². The third kappa shape index (κ3) is 7.51. The molecule has 0 spiro atoms. The highest BCUT2D eigenvalue weighted by atomic mass is 16.4. The van der Waals surface area contributed by atoms with Crippen molar-refractivity contribution in [3.63, 3.8) is 0 Å². The molecule has 0 saturated heterocycles. The van der Waals surface area contributed by atoms with Gasteiger partial charge in [0.2, 0.25) is 5.91 Å². The number of carbonyl (C=O) groups excluding carboxylic acids is 1. The number of hydrogen-bond donors (Lipinski definition) is 2. The molecule has 0 aliphatic heterocycles. The number of nitrogens with one attached hydrogen (secondary N) is 1. The zero-order chi connectivity index (χ0) is 14.8. The minimum Gasteiger partial charge on any atom is -0.481 e. The van der Waals surface area contributed by atoms with Crippen LogP contribution in [-0.2, 0) is 9.59 Å². The van der Waals surface area contributed by atoms with E-state index in [-0.39, 0.29) is 12.3 Å². The van der Waals surface area contributed by atoms with Crippen molar-refractivity contribution >= 4 is 11.9 Å². The second kappa shape index (κ2) is 9.78. The summed E-state index contributed by atoms with van der Waals surface area (Å²) < 4.78 is 0. The molecule has 20 heavy (non-hydrogen) atoms. The van der Waals surface area contributed by atoms with E-state index in [9.17, 15) is 9.59 Å². The molecule has 0 aromatic rings. The molecular weight excluding hydrogens is 254 g/mol. The minimum absolute atomic E-state index is 0.172. The van der Waals surface area contributed by atoms with E-state index in [4.69, 9.17) is 5.11 Å². The Balaban J connectivity index is 2.14. The maximum absolute atomic E-state index is 11.8. The third-order valence-corrected chi connectivity index (χ3v) is 4.29. The highest BCUT2D eigenvalue weighted by molar-refractivity contribution is 5.76. The van der Waals surface area contributed by atoms with E-state index in [0.717, 1.165) is 25.7 Å². The summed E-state index contributed by atoms with van der Waals surface area (Å²) in [5.41, 5.74) is 0. The van der Waals surface area contributed by atoms with Gasteiger partial charge in [-0.2, -0.15) is 0 Å². The summed E-state index contributed by atoms with van der Waals surface area (Å²) in [6.45, 7) is 2.81. The van der Waals surface area contributed by atoms with Gasteiger partial charge in [0.1, 0.15) is 0 Å². The Morgan fingerprint density at radius 1 is 1.20 bits per heavy atom. The lowest BCUT2D eigenvalue weighted by molar-refractivity contribution is -0.137. The van der Waals surface area contributed by atoms with Gasteiger partial charge in [0.05, 0.1) is 0 Å². The van der Waals surface area contributed by atoms with E-state index in [1.54, 1.807) is 0 Å². The third-order valence-electron chi connectivity index (χ3n) is 4.29. The molecule has 0 aromatic heterocycles. The van der Waals surface area contributed by atoms with E-state index in [1.165, 1.54) is 25.7 Å². The van der Waals surface area contributed by atoms with Crippen molar-refractivity contribution in [2.24, 2.45) is 11.8 Å². The van der Waals surface area contributed by atoms with Crippen LogP contribution in [-0.4, -0.2) is 23.5 Å². The normalized spacial score (nSPS) is 17.1. The highest BCUT2D eigenvalue weighted by Crippen LogP contribution is 2.27. The lowest BCUT2D eigenvalue weighted by atomic mass is 9.94. The zero-order valence-electron chi connectivity index (χ0n) is 12.7. The van der Waals surface area contributed by atoms with Gasteiger partial charge in [-0.05, 0) is 37.5 Å². The predicted molar refractivity (Wildman–Crippen MR) is 79.5 cm³/mol. The number of carboxylic acid groups (broad SMARTS) is 1. The molecule has 116 valence electrons. The van der Waals surface area contributed by atoms with Crippen LogP contribution >= 0.6 is 0 Å². The highest BCUT2D eigenvalue weighted by Gasteiger charge is 2.18. The lowest BCUT2D eigenvalue weighted by Gasteiger charge is -2.16. The number of hydrogen-bond acceptors (Lipinski definition) is 2. The Morgan fingerprint density at radius 2 is 1.90 bits per heavy atom. The second-order valence-corrected chi connectivity index (χ2v) is 6.08. The largest absolute Gasteiger partial charge is 0.481 e. The van der Waals surface area contributed by atoms with Gasteiger partial charge in [0, 0.05) is 19.4 Å². The molecule has 4 heteroatoms. The predicted octanol–water partition coefficient (Wildman–Crippen LogP) is 3.35. The van der Waals surface area contributed by atoms with E-state index in [2.05, 4.69) is 12.2 Å². The van der Waals surface area contributed by atoms with Crippen LogP contribution in [0, 0.1) is 11.8 Å². The Labute approximate surface area is 122 Å². The van der Waals surface area contributed by atoms with E-state index in [0.29, 0.717) is 24.8 Å². The van der Waals surface area contributed by atoms with Crippen LogP contribution in [0.25, 0.3) is 0 Å². The molecule has 1 fully saturated rings. The van der Waals surface area contributed by atoms with Crippen molar-refractivity contribution < 1.29 is 14.7 Å². The van der Waals surface area contributed by atoms with Crippen LogP contribution in [0.2, 0.25) is 0 Å². The van der Waals surface area contributed by atoms with E-state index < -0.39 is 5.97 Å². The van der Waals surface area contributed by atoms with Crippen molar-refractivity contribution in [3.8, 4) is 0 Å². The van der Waals surface area contributed by atoms with Gasteiger partial charge in [0.15, 0.2) is 0 Å². The first kappa shape index (κ1) is 17.0. The number of amides is 1. The van der Waals surface area contributed by atoms with Crippen LogP contribution in [0.15, 0.2) is 0 Å². The SMILES string of the molecule is CCCC(CCNC(=O)CC1CCCC1)CCC(=O)O. The van der Waals surface area contributed by atoms with Gasteiger partial charge in [-0.25, -0.2) is 0 Å². The number of rotatable bonds is 10. The summed E-state index contributed by atoms with van der Waals surface area (Å²) in [6, 6.07) is 0. The summed E-state index contributed by atoms with van der Waals surface area (Å²) in [4.78, 5) is 22.4. The fraction of sp³-hybridized carbons (Fsp3) is 0.875. The fourth-order valence-corrected chi connectivity index (χ4v) is 3.13. The first-order valence-corrected chi connectivity index (χ1v) is 8.10. The van der Waals surface area contributed by atoms with Gasteiger partial charge in [0.25, 0.3) is 0 Å². The molecule has 1 atom stereocenters. The molecular formula is C16H29NO3. The molecule has 1 rings (SSSR count). The Morgan fingerprint density at radius 3 is 2.50 bits per heavy atom. The summed E-state index contributed by atoms with van der Waals surface area (Å²) in [7, 11) is 0. The Hall–Kier alpha value is -1.06. The summed E-state index contributed by atoms with van der Waals surface area (Å²) >= 11 is 0. The quantitative estimate of drug-likeness (QED) is 0.646. The monoisotopic (exact) mass is 283 g/mol. The van der Waals surface area contributed by atoms with Crippen LogP contribution in [0.3, 0.4) is 0 Å². The van der Waals surface area contributed by atoms with E-state index >= 15 is 0 Å². The summed E-state index contributed by atoms with van der Waals surface area (Å²) in [6.07, 6.45) is 9.59. The van der Waals surface area contributed by atoms with Crippen LogP contribution in [0.5, 0.6) is 0 Å². The second-order valence-electron chi connectivity index (χ2n) is 6.08. The van der Waals surface area contributed by atoms with Gasteiger partial charge >= 0.3 is 5.97 Å². The number of carboxylic acids is 1.